The van der Waals surface area contributed by atoms with Gasteiger partial charge in [0.15, 0.2) is 0 Å². The van der Waals surface area contributed by atoms with Gasteiger partial charge in [0.2, 0.25) is 5.82 Å². The minimum atomic E-state index is -4.58. The molecule has 0 saturated carbocycles. The van der Waals surface area contributed by atoms with Crippen LogP contribution in [0.25, 0.3) is 5.69 Å². The number of rotatable bonds is 6. The Morgan fingerprint density at radius 2 is 2.00 bits per heavy atom. The molecule has 1 amide bonds. The van der Waals surface area contributed by atoms with E-state index in [1.54, 1.807) is 31.2 Å². The highest BCUT2D eigenvalue weighted by atomic mass is 35.5. The molecule has 0 unspecified atom stereocenters. The molecule has 0 saturated heterocycles. The van der Waals surface area contributed by atoms with Crippen LogP contribution < -0.4 is 0 Å². The maximum atomic E-state index is 13.0. The molecule has 0 aliphatic carbocycles. The number of alkyl halides is 3. The molecule has 28 heavy (non-hydrogen) atoms. The first kappa shape index (κ1) is 19.9. The van der Waals surface area contributed by atoms with Gasteiger partial charge in [-0.3, -0.25) is 4.79 Å². The van der Waals surface area contributed by atoms with Crippen LogP contribution in [0.3, 0.4) is 0 Å². The molecule has 3 rings (SSSR count). The largest absolute Gasteiger partial charge is 0.467 e. The molecule has 10 heteroatoms. The number of para-hydroxylation sites is 1. The Kier molecular flexibility index (Phi) is 5.73. The fourth-order valence-corrected chi connectivity index (χ4v) is 2.84. The first-order valence-corrected chi connectivity index (χ1v) is 8.75. The Labute approximate surface area is 163 Å². The lowest BCUT2D eigenvalue weighted by Gasteiger charge is -2.21. The molecule has 0 aliphatic heterocycles. The fraction of sp³-hybridized carbons (Fsp3) is 0.278. The number of furan rings is 1. The van der Waals surface area contributed by atoms with Crippen LogP contribution >= 0.6 is 11.6 Å². The van der Waals surface area contributed by atoms with Crippen molar-refractivity contribution >= 4 is 17.5 Å². The van der Waals surface area contributed by atoms with E-state index in [1.165, 1.54) is 23.1 Å². The van der Waals surface area contributed by atoms with E-state index in [0.29, 0.717) is 27.9 Å². The van der Waals surface area contributed by atoms with Crippen LogP contribution in [0.5, 0.6) is 0 Å². The summed E-state index contributed by atoms with van der Waals surface area (Å²) in [6, 6.07) is 9.81. The van der Waals surface area contributed by atoms with Gasteiger partial charge in [-0.1, -0.05) is 30.7 Å². The molecule has 2 aromatic heterocycles. The average molecular weight is 413 g/mol. The minimum Gasteiger partial charge on any atom is -0.467 e. The van der Waals surface area contributed by atoms with Crippen LogP contribution in [0, 0.1) is 0 Å². The maximum Gasteiger partial charge on any atom is 0.406 e. The maximum absolute atomic E-state index is 13.0. The zero-order chi connectivity index (χ0) is 20.3. The van der Waals surface area contributed by atoms with Crippen molar-refractivity contribution in [3.05, 3.63) is 65.1 Å². The summed E-state index contributed by atoms with van der Waals surface area (Å²) in [6.45, 7) is -0.00992. The molecule has 0 spiro atoms. The lowest BCUT2D eigenvalue weighted by Crippen LogP contribution is -2.39. The molecule has 1 aromatic carbocycles. The van der Waals surface area contributed by atoms with E-state index in [4.69, 9.17) is 16.0 Å². The minimum absolute atomic E-state index is 0.221. The molecule has 2 heterocycles. The van der Waals surface area contributed by atoms with E-state index in [-0.39, 0.29) is 18.1 Å². The van der Waals surface area contributed by atoms with E-state index in [0.717, 1.165) is 0 Å². The van der Waals surface area contributed by atoms with Crippen molar-refractivity contribution in [1.29, 1.82) is 0 Å². The van der Waals surface area contributed by atoms with Crippen LogP contribution in [-0.2, 0) is 13.0 Å². The third-order valence-corrected chi connectivity index (χ3v) is 4.17. The van der Waals surface area contributed by atoms with Gasteiger partial charge in [-0.15, -0.1) is 5.10 Å². The number of benzene rings is 1. The van der Waals surface area contributed by atoms with Crippen LogP contribution in [0.1, 0.15) is 29.1 Å². The topological polar surface area (TPSA) is 64.2 Å². The van der Waals surface area contributed by atoms with Gasteiger partial charge in [-0.2, -0.15) is 13.2 Å². The number of aromatic nitrogens is 3. The molecule has 148 valence electrons. The SMILES string of the molecule is CCc1nc(C(=O)N(Cc2ccco2)CC(F)(F)F)nn1-c1ccccc1Cl. The Morgan fingerprint density at radius 3 is 2.61 bits per heavy atom. The summed E-state index contributed by atoms with van der Waals surface area (Å²) in [4.78, 5) is 17.5. The number of hydrogen-bond acceptors (Lipinski definition) is 4. The number of halogens is 4. The van der Waals surface area contributed by atoms with Gasteiger partial charge in [0, 0.05) is 6.42 Å². The number of amides is 1. The number of hydrogen-bond donors (Lipinski definition) is 0. The summed E-state index contributed by atoms with van der Waals surface area (Å²) in [5, 5.41) is 4.50. The predicted octanol–water partition coefficient (Wildman–Crippen LogP) is 4.28. The molecule has 6 nitrogen and oxygen atoms in total. The molecular formula is C18H16ClF3N4O2. The monoisotopic (exact) mass is 412 g/mol. The standard InChI is InChI=1S/C18H16ClF3N4O2/c1-2-15-23-16(24-26(15)14-8-4-3-7-13(14)19)17(27)25(11-18(20,21)22)10-12-6-5-9-28-12/h3-9H,2,10-11H2,1H3. The summed E-state index contributed by atoms with van der Waals surface area (Å²) in [6.07, 6.45) is -2.85. The predicted molar refractivity (Wildman–Crippen MR) is 95.3 cm³/mol. The third-order valence-electron chi connectivity index (χ3n) is 3.85. The highest BCUT2D eigenvalue weighted by Gasteiger charge is 2.35. The first-order valence-electron chi connectivity index (χ1n) is 8.37. The van der Waals surface area contributed by atoms with Crippen molar-refractivity contribution < 1.29 is 22.4 Å². The highest BCUT2D eigenvalue weighted by Crippen LogP contribution is 2.23. The van der Waals surface area contributed by atoms with Gasteiger partial charge in [0.05, 0.1) is 23.5 Å². The zero-order valence-electron chi connectivity index (χ0n) is 14.8. The Morgan fingerprint density at radius 1 is 1.25 bits per heavy atom. The summed E-state index contributed by atoms with van der Waals surface area (Å²) in [5.74, 6) is -0.665. The van der Waals surface area contributed by atoms with Gasteiger partial charge >= 0.3 is 6.18 Å². The summed E-state index contributed by atoms with van der Waals surface area (Å²) >= 11 is 6.18. The van der Waals surface area contributed by atoms with E-state index in [1.807, 2.05) is 0 Å². The van der Waals surface area contributed by atoms with E-state index >= 15 is 0 Å². The van der Waals surface area contributed by atoms with E-state index in [2.05, 4.69) is 10.1 Å². The Bertz CT molecular complexity index is 954. The quantitative estimate of drug-likeness (QED) is 0.606. The van der Waals surface area contributed by atoms with Crippen molar-refractivity contribution in [3.63, 3.8) is 0 Å². The van der Waals surface area contributed by atoms with Crippen molar-refractivity contribution in [2.24, 2.45) is 0 Å². The molecule has 0 radical (unpaired) electrons. The summed E-state index contributed by atoms with van der Waals surface area (Å²) < 4.78 is 45.4. The molecule has 0 fully saturated rings. The van der Waals surface area contributed by atoms with Crippen LogP contribution in [0.15, 0.2) is 47.1 Å². The lowest BCUT2D eigenvalue weighted by molar-refractivity contribution is -0.142. The first-order chi connectivity index (χ1) is 13.3. The molecule has 0 N–H and O–H groups in total. The molecule has 0 atom stereocenters. The second-order valence-corrected chi connectivity index (χ2v) is 6.33. The van der Waals surface area contributed by atoms with Crippen molar-refractivity contribution in [2.45, 2.75) is 26.1 Å². The summed E-state index contributed by atoms with van der Waals surface area (Å²) in [7, 11) is 0. The number of carbonyl (C=O) groups excluding carboxylic acids is 1. The Balaban J connectivity index is 1.95. The highest BCUT2D eigenvalue weighted by molar-refractivity contribution is 6.32. The van der Waals surface area contributed by atoms with Gasteiger partial charge < -0.3 is 9.32 Å². The zero-order valence-corrected chi connectivity index (χ0v) is 15.5. The van der Waals surface area contributed by atoms with E-state index in [9.17, 15) is 18.0 Å². The molecule has 0 bridgehead atoms. The third kappa shape index (κ3) is 4.53. The van der Waals surface area contributed by atoms with Crippen molar-refractivity contribution in [3.8, 4) is 5.69 Å². The number of nitrogens with zero attached hydrogens (tertiary/aromatic N) is 4. The van der Waals surface area contributed by atoms with Crippen LogP contribution in [-0.4, -0.2) is 38.3 Å². The lowest BCUT2D eigenvalue weighted by atomic mass is 10.3. The van der Waals surface area contributed by atoms with Crippen molar-refractivity contribution in [2.75, 3.05) is 6.54 Å². The van der Waals surface area contributed by atoms with Gasteiger partial charge in [0.25, 0.3) is 5.91 Å². The molecular weight excluding hydrogens is 397 g/mol. The van der Waals surface area contributed by atoms with Crippen molar-refractivity contribution in [1.82, 2.24) is 19.7 Å². The summed E-state index contributed by atoms with van der Waals surface area (Å²) in [5.41, 5.74) is 0.487. The molecule has 0 aliphatic rings. The normalized spacial score (nSPS) is 11.6. The number of aryl methyl sites for hydroxylation is 1. The van der Waals surface area contributed by atoms with Crippen LogP contribution in [0.4, 0.5) is 13.2 Å². The Hall–Kier alpha value is -2.81. The smallest absolute Gasteiger partial charge is 0.406 e. The van der Waals surface area contributed by atoms with Gasteiger partial charge in [-0.25, -0.2) is 9.67 Å². The second-order valence-electron chi connectivity index (χ2n) is 5.92. The average Bonchev–Trinajstić information content (AvgIpc) is 3.29. The van der Waals surface area contributed by atoms with E-state index < -0.39 is 18.6 Å². The fourth-order valence-electron chi connectivity index (χ4n) is 2.63. The van der Waals surface area contributed by atoms with Gasteiger partial charge in [0.1, 0.15) is 18.1 Å². The molecule has 3 aromatic rings. The number of carbonyl (C=O) groups is 1. The van der Waals surface area contributed by atoms with Gasteiger partial charge in [-0.05, 0) is 24.3 Å². The second kappa shape index (κ2) is 8.05. The van der Waals surface area contributed by atoms with Crippen LogP contribution in [0.2, 0.25) is 5.02 Å².